The number of hydrogen-bond acceptors (Lipinski definition) is 3. The number of carbonyl (C=O) groups excluding carboxylic acids is 1. The third kappa shape index (κ3) is 4.01. The Morgan fingerprint density at radius 1 is 1.47 bits per heavy atom. The van der Waals surface area contributed by atoms with Crippen molar-refractivity contribution in [3.8, 4) is 0 Å². The lowest BCUT2D eigenvalue weighted by atomic mass is 10.1. The lowest BCUT2D eigenvalue weighted by Crippen LogP contribution is -2.18. The van der Waals surface area contributed by atoms with Crippen LogP contribution in [0.4, 0.5) is 10.1 Å². The molecule has 1 aromatic rings. The van der Waals surface area contributed by atoms with Crippen LogP contribution in [0.25, 0.3) is 0 Å². The van der Waals surface area contributed by atoms with Crippen LogP contribution in [0, 0.1) is 11.7 Å². The predicted octanol–water partition coefficient (Wildman–Crippen LogP) is 2.35. The molecule has 19 heavy (non-hydrogen) atoms. The summed E-state index contributed by atoms with van der Waals surface area (Å²) in [5.41, 5.74) is 0.106. The molecule has 1 N–H and O–H groups in total. The third-order valence-electron chi connectivity index (χ3n) is 3.01. The van der Waals surface area contributed by atoms with E-state index in [1.54, 1.807) is 6.07 Å². The molecule has 7 heteroatoms. The first-order valence-corrected chi connectivity index (χ1v) is 8.42. The van der Waals surface area contributed by atoms with Crippen molar-refractivity contribution in [2.24, 2.45) is 5.92 Å². The molecule has 0 spiro atoms. The maximum Gasteiger partial charge on any atom is 0.224 e. The molecule has 0 radical (unpaired) electrons. The van der Waals surface area contributed by atoms with E-state index in [1.807, 2.05) is 0 Å². The molecule has 1 amide bonds. The number of nitrogens with one attached hydrogen (secondary N) is 1. The fraction of sp³-hybridized carbons (Fsp3) is 0.417. The average molecular weight is 350 g/mol. The van der Waals surface area contributed by atoms with Crippen LogP contribution in [-0.4, -0.2) is 25.8 Å². The van der Waals surface area contributed by atoms with Gasteiger partial charge in [-0.1, -0.05) is 15.9 Å². The van der Waals surface area contributed by atoms with Crippen molar-refractivity contribution >= 4 is 37.4 Å². The van der Waals surface area contributed by atoms with Gasteiger partial charge in [-0.05, 0) is 30.5 Å². The molecule has 0 aliphatic carbocycles. The number of anilines is 1. The van der Waals surface area contributed by atoms with E-state index >= 15 is 0 Å². The Balaban J connectivity index is 1.95. The van der Waals surface area contributed by atoms with Crippen molar-refractivity contribution in [1.82, 2.24) is 0 Å². The Bertz CT molecular complexity index is 603. The molecule has 1 atom stereocenters. The van der Waals surface area contributed by atoms with Gasteiger partial charge in [-0.15, -0.1) is 0 Å². The number of hydrogen-bond donors (Lipinski definition) is 1. The fourth-order valence-electron chi connectivity index (χ4n) is 2.09. The van der Waals surface area contributed by atoms with Crippen LogP contribution in [0.3, 0.4) is 0 Å². The van der Waals surface area contributed by atoms with E-state index in [0.29, 0.717) is 10.9 Å². The zero-order valence-electron chi connectivity index (χ0n) is 10.0. The Labute approximate surface area is 119 Å². The van der Waals surface area contributed by atoms with Gasteiger partial charge in [0.25, 0.3) is 0 Å². The van der Waals surface area contributed by atoms with Crippen molar-refractivity contribution in [2.75, 3.05) is 16.8 Å². The van der Waals surface area contributed by atoms with Gasteiger partial charge < -0.3 is 5.32 Å². The summed E-state index contributed by atoms with van der Waals surface area (Å²) in [5.74, 6) is -0.866. The highest BCUT2D eigenvalue weighted by atomic mass is 79.9. The molecule has 1 aliphatic heterocycles. The van der Waals surface area contributed by atoms with Gasteiger partial charge in [0.1, 0.15) is 5.82 Å². The first kappa shape index (κ1) is 14.5. The minimum atomic E-state index is -2.99. The quantitative estimate of drug-likeness (QED) is 0.910. The molecule has 104 valence electrons. The molecule has 1 fully saturated rings. The average Bonchev–Trinajstić information content (AvgIpc) is 2.62. The van der Waals surface area contributed by atoms with E-state index in [0.717, 1.165) is 0 Å². The second kappa shape index (κ2) is 5.58. The number of sulfone groups is 1. The lowest BCUT2D eigenvalue weighted by Gasteiger charge is -2.09. The fourth-order valence-corrected chi connectivity index (χ4v) is 4.28. The van der Waals surface area contributed by atoms with Gasteiger partial charge in [0.2, 0.25) is 5.91 Å². The second-order valence-corrected chi connectivity index (χ2v) is 7.79. The second-order valence-electron chi connectivity index (χ2n) is 4.65. The molecule has 1 heterocycles. The van der Waals surface area contributed by atoms with E-state index in [2.05, 4.69) is 21.2 Å². The zero-order valence-corrected chi connectivity index (χ0v) is 12.4. The summed E-state index contributed by atoms with van der Waals surface area (Å²) in [4.78, 5) is 11.7. The first-order chi connectivity index (χ1) is 8.85. The molecule has 1 unspecified atom stereocenters. The molecular formula is C12H13BrFNO3S. The topological polar surface area (TPSA) is 63.2 Å². The standard InChI is InChI=1S/C12H13BrFNO3S/c13-9-1-2-11(10(14)6-9)15-12(16)5-8-3-4-19(17,18)7-8/h1-2,6,8H,3-5,7H2,(H,15,16). The van der Waals surface area contributed by atoms with Crippen molar-refractivity contribution in [3.63, 3.8) is 0 Å². The highest BCUT2D eigenvalue weighted by Crippen LogP contribution is 2.23. The maximum absolute atomic E-state index is 13.5. The smallest absolute Gasteiger partial charge is 0.224 e. The molecular weight excluding hydrogens is 337 g/mol. The van der Waals surface area contributed by atoms with Crippen LogP contribution in [0.5, 0.6) is 0 Å². The van der Waals surface area contributed by atoms with Crippen LogP contribution >= 0.6 is 15.9 Å². The number of rotatable bonds is 3. The van der Waals surface area contributed by atoms with Crippen molar-refractivity contribution in [2.45, 2.75) is 12.8 Å². The summed E-state index contributed by atoms with van der Waals surface area (Å²) < 4.78 is 36.6. The highest BCUT2D eigenvalue weighted by molar-refractivity contribution is 9.10. The SMILES string of the molecule is O=C(CC1CCS(=O)(=O)C1)Nc1ccc(Br)cc1F. The van der Waals surface area contributed by atoms with E-state index in [4.69, 9.17) is 0 Å². The normalized spacial score (nSPS) is 21.3. The van der Waals surface area contributed by atoms with Gasteiger partial charge in [0.05, 0.1) is 17.2 Å². The van der Waals surface area contributed by atoms with E-state index in [9.17, 15) is 17.6 Å². The van der Waals surface area contributed by atoms with E-state index in [1.165, 1.54) is 12.1 Å². The molecule has 1 aliphatic rings. The largest absolute Gasteiger partial charge is 0.324 e. The van der Waals surface area contributed by atoms with Gasteiger partial charge in [-0.25, -0.2) is 12.8 Å². The molecule has 0 bridgehead atoms. The van der Waals surface area contributed by atoms with Crippen LogP contribution in [-0.2, 0) is 14.6 Å². The molecule has 4 nitrogen and oxygen atoms in total. The minimum absolute atomic E-state index is 0.0449. The molecule has 2 rings (SSSR count). The number of amides is 1. The van der Waals surface area contributed by atoms with Crippen LogP contribution < -0.4 is 5.32 Å². The summed E-state index contributed by atoms with van der Waals surface area (Å²) >= 11 is 3.13. The van der Waals surface area contributed by atoms with Crippen molar-refractivity contribution in [1.29, 1.82) is 0 Å². The monoisotopic (exact) mass is 349 g/mol. The van der Waals surface area contributed by atoms with Crippen molar-refractivity contribution in [3.05, 3.63) is 28.5 Å². The Kier molecular flexibility index (Phi) is 4.25. The molecule has 1 aromatic carbocycles. The summed E-state index contributed by atoms with van der Waals surface area (Å²) in [7, 11) is -2.99. The number of benzene rings is 1. The van der Waals surface area contributed by atoms with Crippen LogP contribution in [0.1, 0.15) is 12.8 Å². The van der Waals surface area contributed by atoms with Gasteiger partial charge in [0.15, 0.2) is 9.84 Å². The maximum atomic E-state index is 13.5. The third-order valence-corrected chi connectivity index (χ3v) is 5.34. The number of halogens is 2. The van der Waals surface area contributed by atoms with Gasteiger partial charge in [-0.3, -0.25) is 4.79 Å². The molecule has 0 saturated carbocycles. The summed E-state index contributed by atoms with van der Waals surface area (Å²) in [6.45, 7) is 0. The minimum Gasteiger partial charge on any atom is -0.324 e. The number of carbonyl (C=O) groups is 1. The van der Waals surface area contributed by atoms with Gasteiger partial charge in [-0.2, -0.15) is 0 Å². The lowest BCUT2D eigenvalue weighted by molar-refractivity contribution is -0.116. The predicted molar refractivity (Wildman–Crippen MR) is 74.1 cm³/mol. The van der Waals surface area contributed by atoms with Crippen LogP contribution in [0.15, 0.2) is 22.7 Å². The molecule has 0 aromatic heterocycles. The van der Waals surface area contributed by atoms with Crippen LogP contribution in [0.2, 0.25) is 0 Å². The van der Waals surface area contributed by atoms with Gasteiger partial charge >= 0.3 is 0 Å². The summed E-state index contributed by atoms with van der Waals surface area (Å²) in [5, 5.41) is 2.46. The van der Waals surface area contributed by atoms with E-state index < -0.39 is 15.7 Å². The van der Waals surface area contributed by atoms with Crippen molar-refractivity contribution < 1.29 is 17.6 Å². The summed E-state index contributed by atoms with van der Waals surface area (Å²) in [6, 6.07) is 4.34. The Morgan fingerprint density at radius 2 is 2.21 bits per heavy atom. The van der Waals surface area contributed by atoms with Gasteiger partial charge in [0, 0.05) is 10.9 Å². The first-order valence-electron chi connectivity index (χ1n) is 5.81. The summed E-state index contributed by atoms with van der Waals surface area (Å²) in [6.07, 6.45) is 0.604. The zero-order chi connectivity index (χ0) is 14.0. The molecule has 1 saturated heterocycles. The Hall–Kier alpha value is -0.950. The Morgan fingerprint density at radius 3 is 2.79 bits per heavy atom. The highest BCUT2D eigenvalue weighted by Gasteiger charge is 2.29. The van der Waals surface area contributed by atoms with E-state index in [-0.39, 0.29) is 35.4 Å².